The first-order valence-corrected chi connectivity index (χ1v) is 4.68. The van der Waals surface area contributed by atoms with E-state index >= 15 is 0 Å². The van der Waals surface area contributed by atoms with Gasteiger partial charge in [0.2, 0.25) is 0 Å². The van der Waals surface area contributed by atoms with Crippen molar-refractivity contribution in [3.05, 3.63) is 22.2 Å². The standard InChI is InChI=1S/C8H8BrClN2O/c1-5-3-6(9)4-7(13-2)8(5)11-12-10/h3-4H,1-2H3. The highest BCUT2D eigenvalue weighted by molar-refractivity contribution is 9.10. The summed E-state index contributed by atoms with van der Waals surface area (Å²) in [5.74, 6) is 0.649. The molecule has 0 bridgehead atoms. The molecule has 0 aromatic heterocycles. The van der Waals surface area contributed by atoms with E-state index in [-0.39, 0.29) is 0 Å². The Morgan fingerprint density at radius 1 is 1.46 bits per heavy atom. The van der Waals surface area contributed by atoms with E-state index in [4.69, 9.17) is 16.5 Å². The number of nitrogens with zero attached hydrogens (tertiary/aromatic N) is 2. The first-order chi connectivity index (χ1) is 6.19. The summed E-state index contributed by atoms with van der Waals surface area (Å²) in [5, 5.41) is 3.76. The molecule has 0 aliphatic heterocycles. The highest BCUT2D eigenvalue weighted by Crippen LogP contribution is 2.34. The maximum Gasteiger partial charge on any atom is 0.147 e. The van der Waals surface area contributed by atoms with Gasteiger partial charge in [0.15, 0.2) is 0 Å². The third kappa shape index (κ3) is 2.42. The highest BCUT2D eigenvalue weighted by atomic mass is 79.9. The van der Waals surface area contributed by atoms with E-state index in [9.17, 15) is 0 Å². The fourth-order valence-electron chi connectivity index (χ4n) is 1.03. The van der Waals surface area contributed by atoms with Gasteiger partial charge in [0.1, 0.15) is 11.4 Å². The Hall–Kier alpha value is -0.610. The molecule has 70 valence electrons. The van der Waals surface area contributed by atoms with E-state index in [2.05, 4.69) is 25.7 Å². The van der Waals surface area contributed by atoms with Crippen LogP contribution >= 0.6 is 27.7 Å². The van der Waals surface area contributed by atoms with Gasteiger partial charge in [-0.2, -0.15) is 0 Å². The van der Waals surface area contributed by atoms with Gasteiger partial charge in [-0.1, -0.05) is 20.6 Å². The third-order valence-corrected chi connectivity index (χ3v) is 2.12. The van der Waals surface area contributed by atoms with Gasteiger partial charge in [-0.15, -0.1) is 5.11 Å². The van der Waals surface area contributed by atoms with Crippen LogP contribution in [0.15, 0.2) is 26.4 Å². The van der Waals surface area contributed by atoms with Crippen LogP contribution in [-0.2, 0) is 0 Å². The molecule has 5 heteroatoms. The number of rotatable bonds is 2. The monoisotopic (exact) mass is 262 g/mol. The second-order valence-electron chi connectivity index (χ2n) is 2.45. The summed E-state index contributed by atoms with van der Waals surface area (Å²) in [6, 6.07) is 3.73. The molecule has 0 heterocycles. The average molecular weight is 264 g/mol. The quantitative estimate of drug-likeness (QED) is 0.742. The van der Waals surface area contributed by atoms with Gasteiger partial charge in [0.05, 0.1) is 18.9 Å². The summed E-state index contributed by atoms with van der Waals surface area (Å²) in [6.07, 6.45) is 0. The fraction of sp³-hybridized carbons (Fsp3) is 0.250. The second-order valence-corrected chi connectivity index (χ2v) is 3.52. The Morgan fingerprint density at radius 2 is 2.15 bits per heavy atom. The molecule has 1 rings (SSSR count). The van der Waals surface area contributed by atoms with E-state index in [1.165, 1.54) is 0 Å². The van der Waals surface area contributed by atoms with Crippen LogP contribution in [0.25, 0.3) is 0 Å². The molecule has 3 nitrogen and oxygen atoms in total. The molecule has 13 heavy (non-hydrogen) atoms. The Bertz CT molecular complexity index is 341. The third-order valence-electron chi connectivity index (χ3n) is 1.59. The highest BCUT2D eigenvalue weighted by Gasteiger charge is 2.06. The van der Waals surface area contributed by atoms with Crippen molar-refractivity contribution < 1.29 is 4.74 Å². The topological polar surface area (TPSA) is 34.0 Å². The van der Waals surface area contributed by atoms with Crippen molar-refractivity contribution in [2.24, 2.45) is 9.75 Å². The summed E-state index contributed by atoms with van der Waals surface area (Å²) in [4.78, 5) is 0. The van der Waals surface area contributed by atoms with Crippen molar-refractivity contribution in [2.75, 3.05) is 7.11 Å². The van der Waals surface area contributed by atoms with E-state index in [1.54, 1.807) is 7.11 Å². The summed E-state index contributed by atoms with van der Waals surface area (Å²) in [5.41, 5.74) is 1.61. The minimum atomic E-state index is 0.649. The van der Waals surface area contributed by atoms with Crippen molar-refractivity contribution in [1.29, 1.82) is 0 Å². The van der Waals surface area contributed by atoms with Crippen molar-refractivity contribution in [3.63, 3.8) is 0 Å². The molecule has 0 saturated heterocycles. The Morgan fingerprint density at radius 3 is 2.69 bits per heavy atom. The van der Waals surface area contributed by atoms with Crippen LogP contribution in [-0.4, -0.2) is 7.11 Å². The van der Waals surface area contributed by atoms with E-state index in [0.717, 1.165) is 10.0 Å². The minimum absolute atomic E-state index is 0.649. The lowest BCUT2D eigenvalue weighted by atomic mass is 10.2. The van der Waals surface area contributed by atoms with Gasteiger partial charge >= 0.3 is 0 Å². The summed E-state index contributed by atoms with van der Waals surface area (Å²) < 4.78 is 9.26. The molecule has 0 amide bonds. The van der Waals surface area contributed by atoms with Crippen molar-refractivity contribution in [3.8, 4) is 5.75 Å². The molecule has 0 radical (unpaired) electrons. The molecule has 0 aliphatic rings. The normalized spacial score (nSPS) is 10.8. The zero-order chi connectivity index (χ0) is 9.84. The number of aryl methyl sites for hydroxylation is 1. The first-order valence-electron chi connectivity index (χ1n) is 3.55. The average Bonchev–Trinajstić information content (AvgIpc) is 2.09. The molecule has 0 saturated carbocycles. The van der Waals surface area contributed by atoms with Crippen LogP contribution in [0.4, 0.5) is 5.69 Å². The Balaban J connectivity index is 3.29. The first kappa shape index (κ1) is 10.5. The number of benzene rings is 1. The zero-order valence-corrected chi connectivity index (χ0v) is 9.56. The largest absolute Gasteiger partial charge is 0.494 e. The maximum atomic E-state index is 5.17. The van der Waals surface area contributed by atoms with Crippen LogP contribution in [0, 0.1) is 6.92 Å². The molecule has 0 unspecified atom stereocenters. The van der Waals surface area contributed by atoms with Crippen LogP contribution in [0.3, 0.4) is 0 Å². The molecule has 0 atom stereocenters. The predicted octanol–water partition coefficient (Wildman–Crippen LogP) is 4.00. The maximum absolute atomic E-state index is 5.17. The smallest absolute Gasteiger partial charge is 0.147 e. The molecule has 1 aromatic rings. The van der Waals surface area contributed by atoms with Crippen LogP contribution < -0.4 is 4.74 Å². The van der Waals surface area contributed by atoms with Gasteiger partial charge in [0.25, 0.3) is 0 Å². The number of ether oxygens (including phenoxy) is 1. The van der Waals surface area contributed by atoms with Gasteiger partial charge in [-0.3, -0.25) is 0 Å². The SMILES string of the molecule is COc1cc(Br)cc(C)c1N=NCl. The second kappa shape index (κ2) is 4.58. The van der Waals surface area contributed by atoms with Gasteiger partial charge < -0.3 is 4.74 Å². The van der Waals surface area contributed by atoms with Crippen LogP contribution in [0.2, 0.25) is 0 Å². The zero-order valence-electron chi connectivity index (χ0n) is 7.21. The number of methoxy groups -OCH3 is 1. The van der Waals surface area contributed by atoms with Gasteiger partial charge in [-0.05, 0) is 24.6 Å². The lowest BCUT2D eigenvalue weighted by Gasteiger charge is -2.06. The summed E-state index contributed by atoms with van der Waals surface area (Å²) in [6.45, 7) is 1.91. The van der Waals surface area contributed by atoms with Gasteiger partial charge in [-0.25, -0.2) is 0 Å². The minimum Gasteiger partial charge on any atom is -0.494 e. The lowest BCUT2D eigenvalue weighted by molar-refractivity contribution is 0.415. The van der Waals surface area contributed by atoms with Crippen LogP contribution in [0.1, 0.15) is 5.56 Å². The predicted molar refractivity (Wildman–Crippen MR) is 55.8 cm³/mol. The number of hydrogen-bond donors (Lipinski definition) is 0. The van der Waals surface area contributed by atoms with Crippen molar-refractivity contribution in [2.45, 2.75) is 6.92 Å². The molecule has 0 fully saturated rings. The van der Waals surface area contributed by atoms with Crippen molar-refractivity contribution in [1.82, 2.24) is 0 Å². The molecule has 0 N–H and O–H groups in total. The van der Waals surface area contributed by atoms with E-state index < -0.39 is 0 Å². The Kier molecular flexibility index (Phi) is 3.69. The molecule has 0 spiro atoms. The molecular weight excluding hydrogens is 255 g/mol. The van der Waals surface area contributed by atoms with Crippen molar-refractivity contribution >= 4 is 33.4 Å². The molecule has 1 aromatic carbocycles. The van der Waals surface area contributed by atoms with Gasteiger partial charge in [0, 0.05) is 4.47 Å². The van der Waals surface area contributed by atoms with E-state index in [1.807, 2.05) is 19.1 Å². The number of halogens is 2. The fourth-order valence-corrected chi connectivity index (χ4v) is 1.65. The Labute approximate surface area is 90.0 Å². The number of hydrogen-bond acceptors (Lipinski definition) is 3. The molecular formula is C8H8BrClN2O. The van der Waals surface area contributed by atoms with E-state index in [0.29, 0.717) is 11.4 Å². The molecule has 0 aliphatic carbocycles. The summed E-state index contributed by atoms with van der Waals surface area (Å²) >= 11 is 8.52. The lowest BCUT2D eigenvalue weighted by Crippen LogP contribution is -1.85. The van der Waals surface area contributed by atoms with Crippen LogP contribution in [0.5, 0.6) is 5.75 Å². The summed E-state index contributed by atoms with van der Waals surface area (Å²) in [7, 11) is 1.58.